The number of hydrogen-bond donors (Lipinski definition) is 5. The maximum absolute atomic E-state index is 11.8. The summed E-state index contributed by atoms with van der Waals surface area (Å²) < 4.78 is 0. The Labute approximate surface area is 129 Å². The van der Waals surface area contributed by atoms with Gasteiger partial charge in [0.25, 0.3) is 11.5 Å². The second kappa shape index (κ2) is 7.02. The number of carbonyl (C=O) groups is 1. The summed E-state index contributed by atoms with van der Waals surface area (Å²) in [5.41, 5.74) is 1.20. The Kier molecular flexibility index (Phi) is 4.87. The zero-order valence-corrected chi connectivity index (χ0v) is 12.0. The molecule has 0 saturated heterocycles. The highest BCUT2D eigenvalue weighted by molar-refractivity contribution is 5.87. The standard InChI is InChI=1S/C13H14N6O4/c1-7(15-10-12(22)16-13(23)19-17-10)11(21)18-14-6-8-4-2-3-5-9(8)20/h2-7,20H,1H3,(H,15,17)(H,18,21)(H2,16,19,22,23). The molecule has 120 valence electrons. The summed E-state index contributed by atoms with van der Waals surface area (Å²) in [4.78, 5) is 36.1. The predicted octanol–water partition coefficient (Wildman–Crippen LogP) is -0.885. The van der Waals surface area contributed by atoms with E-state index in [-0.39, 0.29) is 11.6 Å². The molecule has 10 nitrogen and oxygen atoms in total. The van der Waals surface area contributed by atoms with Gasteiger partial charge in [-0.15, -0.1) is 5.10 Å². The molecule has 2 rings (SSSR count). The molecule has 1 amide bonds. The molecule has 0 spiro atoms. The minimum absolute atomic E-state index is 0.0284. The van der Waals surface area contributed by atoms with Gasteiger partial charge in [-0.25, -0.2) is 15.3 Å². The Hall–Kier alpha value is -3.43. The first-order valence-corrected chi connectivity index (χ1v) is 6.54. The lowest BCUT2D eigenvalue weighted by molar-refractivity contribution is -0.121. The average Bonchev–Trinajstić information content (AvgIpc) is 2.51. The van der Waals surface area contributed by atoms with Crippen LogP contribution < -0.4 is 22.0 Å². The highest BCUT2D eigenvalue weighted by atomic mass is 16.3. The maximum atomic E-state index is 11.8. The van der Waals surface area contributed by atoms with Crippen molar-refractivity contribution >= 4 is 17.9 Å². The first-order chi connectivity index (χ1) is 11.0. The van der Waals surface area contributed by atoms with Crippen LogP contribution in [-0.4, -0.2) is 38.5 Å². The first-order valence-electron chi connectivity index (χ1n) is 6.54. The van der Waals surface area contributed by atoms with E-state index >= 15 is 0 Å². The lowest BCUT2D eigenvalue weighted by atomic mass is 10.2. The molecule has 0 aliphatic heterocycles. The molecule has 10 heteroatoms. The fourth-order valence-corrected chi connectivity index (χ4v) is 1.58. The van der Waals surface area contributed by atoms with Crippen molar-refractivity contribution in [2.45, 2.75) is 13.0 Å². The molecule has 23 heavy (non-hydrogen) atoms. The van der Waals surface area contributed by atoms with Crippen LogP contribution in [0.3, 0.4) is 0 Å². The zero-order valence-electron chi connectivity index (χ0n) is 12.0. The van der Waals surface area contributed by atoms with Crippen molar-refractivity contribution in [1.29, 1.82) is 0 Å². The van der Waals surface area contributed by atoms with Crippen molar-refractivity contribution in [3.05, 3.63) is 50.7 Å². The van der Waals surface area contributed by atoms with Gasteiger partial charge in [0, 0.05) is 5.56 Å². The third kappa shape index (κ3) is 4.27. The van der Waals surface area contributed by atoms with Gasteiger partial charge in [-0.1, -0.05) is 12.1 Å². The minimum atomic E-state index is -0.837. The van der Waals surface area contributed by atoms with Crippen LogP contribution in [0.5, 0.6) is 5.75 Å². The predicted molar refractivity (Wildman–Crippen MR) is 82.4 cm³/mol. The third-order valence-electron chi connectivity index (χ3n) is 2.77. The molecule has 0 bridgehead atoms. The molecule has 1 atom stereocenters. The smallest absolute Gasteiger partial charge is 0.342 e. The lowest BCUT2D eigenvalue weighted by Gasteiger charge is -2.11. The molecule has 1 heterocycles. The van der Waals surface area contributed by atoms with Crippen molar-refractivity contribution in [2.24, 2.45) is 5.10 Å². The number of nitrogens with one attached hydrogen (secondary N) is 4. The van der Waals surface area contributed by atoms with Gasteiger partial charge < -0.3 is 10.4 Å². The van der Waals surface area contributed by atoms with E-state index in [4.69, 9.17) is 0 Å². The summed E-state index contributed by atoms with van der Waals surface area (Å²) in [5, 5.41) is 21.3. The number of hydrazone groups is 1. The zero-order chi connectivity index (χ0) is 16.8. The number of para-hydroxylation sites is 1. The van der Waals surface area contributed by atoms with Crippen LogP contribution in [0.25, 0.3) is 0 Å². The Balaban J connectivity index is 1.96. The lowest BCUT2D eigenvalue weighted by Crippen LogP contribution is -2.38. The largest absolute Gasteiger partial charge is 0.507 e. The molecule has 2 aromatic rings. The molecule has 1 aromatic heterocycles. The van der Waals surface area contributed by atoms with Gasteiger partial charge in [0.1, 0.15) is 11.8 Å². The summed E-state index contributed by atoms with van der Waals surface area (Å²) in [6, 6.07) is 5.64. The van der Waals surface area contributed by atoms with E-state index in [1.54, 1.807) is 18.2 Å². The summed E-state index contributed by atoms with van der Waals surface area (Å²) >= 11 is 0. The van der Waals surface area contributed by atoms with E-state index in [1.807, 2.05) is 10.1 Å². The van der Waals surface area contributed by atoms with E-state index in [0.29, 0.717) is 5.56 Å². The van der Waals surface area contributed by atoms with Crippen LogP contribution in [0, 0.1) is 0 Å². The van der Waals surface area contributed by atoms with Crippen molar-refractivity contribution in [3.8, 4) is 5.75 Å². The molecular formula is C13H14N6O4. The number of phenolic OH excluding ortho intramolecular Hbond substituents is 1. The minimum Gasteiger partial charge on any atom is -0.507 e. The van der Waals surface area contributed by atoms with Crippen LogP contribution in [0.2, 0.25) is 0 Å². The highest BCUT2D eigenvalue weighted by Crippen LogP contribution is 2.12. The van der Waals surface area contributed by atoms with Gasteiger partial charge in [-0.05, 0) is 19.1 Å². The topological polar surface area (TPSA) is 152 Å². The molecule has 0 radical (unpaired) electrons. The molecule has 1 unspecified atom stereocenters. The number of phenols is 1. The summed E-state index contributed by atoms with van der Waals surface area (Å²) in [7, 11) is 0. The van der Waals surface area contributed by atoms with Crippen LogP contribution in [0.1, 0.15) is 12.5 Å². The number of nitrogens with zero attached hydrogens (tertiary/aromatic N) is 2. The number of H-pyrrole nitrogens is 2. The summed E-state index contributed by atoms with van der Waals surface area (Å²) in [5.74, 6) is -0.707. The number of aromatic nitrogens is 3. The molecule has 0 aliphatic carbocycles. The van der Waals surface area contributed by atoms with Crippen LogP contribution in [0.15, 0.2) is 39.0 Å². The number of amides is 1. The van der Waals surface area contributed by atoms with Gasteiger partial charge in [-0.3, -0.25) is 14.6 Å². The van der Waals surface area contributed by atoms with Gasteiger partial charge in [0.15, 0.2) is 0 Å². The fraction of sp³-hybridized carbons (Fsp3) is 0.154. The number of aromatic hydroxyl groups is 1. The maximum Gasteiger partial charge on any atom is 0.342 e. The Morgan fingerprint density at radius 1 is 1.39 bits per heavy atom. The van der Waals surface area contributed by atoms with Crippen LogP contribution in [-0.2, 0) is 4.79 Å². The summed E-state index contributed by atoms with van der Waals surface area (Å²) in [6.45, 7) is 1.48. The van der Waals surface area contributed by atoms with Crippen LogP contribution >= 0.6 is 0 Å². The summed E-state index contributed by atoms with van der Waals surface area (Å²) in [6.07, 6.45) is 1.28. The van der Waals surface area contributed by atoms with Crippen molar-refractivity contribution in [3.63, 3.8) is 0 Å². The first kappa shape index (κ1) is 15.9. The number of hydrogen-bond acceptors (Lipinski definition) is 7. The van der Waals surface area contributed by atoms with E-state index in [2.05, 4.69) is 20.9 Å². The van der Waals surface area contributed by atoms with E-state index in [0.717, 1.165) is 0 Å². The van der Waals surface area contributed by atoms with Crippen molar-refractivity contribution in [1.82, 2.24) is 20.6 Å². The van der Waals surface area contributed by atoms with Gasteiger partial charge >= 0.3 is 5.69 Å². The SMILES string of the molecule is CC(Nc1n[nH]c(=O)[nH]c1=O)C(=O)NN=Cc1ccccc1O. The number of rotatable bonds is 5. The third-order valence-corrected chi connectivity index (χ3v) is 2.77. The van der Waals surface area contributed by atoms with Crippen LogP contribution in [0.4, 0.5) is 5.82 Å². The quantitative estimate of drug-likeness (QED) is 0.356. The van der Waals surface area contributed by atoms with Gasteiger partial charge in [-0.2, -0.15) is 5.10 Å². The van der Waals surface area contributed by atoms with E-state index in [9.17, 15) is 19.5 Å². The number of anilines is 1. The number of benzene rings is 1. The average molecular weight is 318 g/mol. The Morgan fingerprint density at radius 2 is 2.13 bits per heavy atom. The van der Waals surface area contributed by atoms with Crippen molar-refractivity contribution < 1.29 is 9.90 Å². The fourth-order valence-electron chi connectivity index (χ4n) is 1.58. The monoisotopic (exact) mass is 318 g/mol. The molecule has 1 aromatic carbocycles. The highest BCUT2D eigenvalue weighted by Gasteiger charge is 2.14. The second-order valence-electron chi connectivity index (χ2n) is 4.51. The van der Waals surface area contributed by atoms with Gasteiger partial charge in [0.05, 0.1) is 6.21 Å². The molecule has 5 N–H and O–H groups in total. The Morgan fingerprint density at radius 3 is 2.83 bits per heavy atom. The molecular weight excluding hydrogens is 304 g/mol. The molecule has 0 saturated carbocycles. The normalized spacial score (nSPS) is 12.0. The second-order valence-corrected chi connectivity index (χ2v) is 4.51. The van der Waals surface area contributed by atoms with E-state index in [1.165, 1.54) is 19.2 Å². The number of carbonyl (C=O) groups excluding carboxylic acids is 1. The molecule has 0 aliphatic rings. The van der Waals surface area contributed by atoms with Crippen molar-refractivity contribution in [2.75, 3.05) is 5.32 Å². The van der Waals surface area contributed by atoms with Gasteiger partial charge in [0.2, 0.25) is 5.82 Å². The number of aromatic amines is 2. The molecule has 0 fully saturated rings. The Bertz CT molecular complexity index is 841. The van der Waals surface area contributed by atoms with E-state index < -0.39 is 23.2 Å².